The molecule has 0 saturated heterocycles. The van der Waals surface area contributed by atoms with Gasteiger partial charge >= 0.3 is 5.97 Å². The fourth-order valence-corrected chi connectivity index (χ4v) is 4.93. The SMILES string of the molecule is COC(=O)[C@@H](Cc1c[nH]c2ccccc12)NC(c1ccccc1)(c1ccccc1)c1ccccc1. The summed E-state index contributed by atoms with van der Waals surface area (Å²) >= 11 is 0. The van der Waals surface area contributed by atoms with E-state index in [0.29, 0.717) is 6.42 Å². The smallest absolute Gasteiger partial charge is 0.323 e. The second-order valence-corrected chi connectivity index (χ2v) is 8.63. The van der Waals surface area contributed by atoms with Crippen LogP contribution in [0.1, 0.15) is 22.3 Å². The number of fused-ring (bicyclic) bond motifs is 1. The van der Waals surface area contributed by atoms with Gasteiger partial charge in [0.05, 0.1) is 12.6 Å². The van der Waals surface area contributed by atoms with Crippen molar-refractivity contribution in [2.75, 3.05) is 7.11 Å². The number of nitrogens with one attached hydrogen (secondary N) is 2. The first-order valence-electron chi connectivity index (χ1n) is 11.8. The number of aromatic amines is 1. The number of carbonyl (C=O) groups is 1. The number of ether oxygens (including phenoxy) is 1. The van der Waals surface area contributed by atoms with Crippen LogP contribution in [-0.4, -0.2) is 24.1 Å². The van der Waals surface area contributed by atoms with Crippen LogP contribution in [0.25, 0.3) is 10.9 Å². The molecule has 1 atom stereocenters. The van der Waals surface area contributed by atoms with Gasteiger partial charge in [0.1, 0.15) is 6.04 Å². The Labute approximate surface area is 205 Å². The van der Waals surface area contributed by atoms with Crippen LogP contribution >= 0.6 is 0 Å². The van der Waals surface area contributed by atoms with Crippen LogP contribution < -0.4 is 5.32 Å². The number of H-pyrrole nitrogens is 1. The third kappa shape index (κ3) is 4.36. The van der Waals surface area contributed by atoms with Gasteiger partial charge in [0, 0.05) is 23.5 Å². The van der Waals surface area contributed by atoms with E-state index in [1.807, 2.05) is 79.0 Å². The average Bonchev–Trinajstić information content (AvgIpc) is 3.35. The van der Waals surface area contributed by atoms with E-state index in [-0.39, 0.29) is 5.97 Å². The van der Waals surface area contributed by atoms with Gasteiger partial charge in [0.2, 0.25) is 0 Å². The molecule has 0 bridgehead atoms. The summed E-state index contributed by atoms with van der Waals surface area (Å²) in [6, 6.07) is 38.4. The van der Waals surface area contributed by atoms with Crippen molar-refractivity contribution in [2.24, 2.45) is 0 Å². The van der Waals surface area contributed by atoms with E-state index in [1.165, 1.54) is 7.11 Å². The van der Waals surface area contributed by atoms with E-state index in [1.54, 1.807) is 0 Å². The molecule has 5 aromatic rings. The molecule has 0 aliphatic heterocycles. The van der Waals surface area contributed by atoms with Gasteiger partial charge in [-0.15, -0.1) is 0 Å². The Hall–Kier alpha value is -4.15. The Morgan fingerprint density at radius 3 is 1.77 bits per heavy atom. The molecule has 35 heavy (non-hydrogen) atoms. The Morgan fingerprint density at radius 2 is 1.26 bits per heavy atom. The van der Waals surface area contributed by atoms with Crippen LogP contribution in [0.2, 0.25) is 0 Å². The molecule has 4 aromatic carbocycles. The molecule has 1 heterocycles. The molecule has 5 rings (SSSR count). The standard InChI is InChI=1S/C31H28N2O2/c1-35-30(34)29(21-23-22-32-28-20-12-11-19-27(23)28)33-31(24-13-5-2-6-14-24,25-15-7-3-8-16-25)26-17-9-4-10-18-26/h2-20,22,29,32-33H,21H2,1H3/t29-/m1/s1. The van der Waals surface area contributed by atoms with Crippen molar-refractivity contribution in [3.05, 3.63) is 144 Å². The number of hydrogen-bond acceptors (Lipinski definition) is 3. The summed E-state index contributed by atoms with van der Waals surface area (Å²) in [5.41, 5.74) is 4.48. The van der Waals surface area contributed by atoms with Crippen molar-refractivity contribution in [3.63, 3.8) is 0 Å². The van der Waals surface area contributed by atoms with Crippen molar-refractivity contribution in [1.82, 2.24) is 10.3 Å². The number of benzene rings is 4. The van der Waals surface area contributed by atoms with Gasteiger partial charge in [0.15, 0.2) is 0 Å². The zero-order chi connectivity index (χ0) is 24.1. The Morgan fingerprint density at radius 1 is 0.771 bits per heavy atom. The highest BCUT2D eigenvalue weighted by molar-refractivity contribution is 5.84. The highest BCUT2D eigenvalue weighted by Gasteiger charge is 2.40. The first-order chi connectivity index (χ1) is 17.2. The van der Waals surface area contributed by atoms with Crippen LogP contribution in [0.4, 0.5) is 0 Å². The van der Waals surface area contributed by atoms with Crippen LogP contribution in [0, 0.1) is 0 Å². The van der Waals surface area contributed by atoms with Gasteiger partial charge in [-0.25, -0.2) is 0 Å². The van der Waals surface area contributed by atoms with Crippen LogP contribution in [0.5, 0.6) is 0 Å². The highest BCUT2D eigenvalue weighted by Crippen LogP contribution is 2.37. The summed E-state index contributed by atoms with van der Waals surface area (Å²) in [4.78, 5) is 16.6. The first-order valence-corrected chi connectivity index (χ1v) is 11.8. The second kappa shape index (κ2) is 10.00. The first kappa shape index (κ1) is 22.6. The quantitative estimate of drug-likeness (QED) is 0.226. The topological polar surface area (TPSA) is 54.1 Å². The van der Waals surface area contributed by atoms with Crippen LogP contribution in [0.3, 0.4) is 0 Å². The minimum atomic E-state index is -0.769. The average molecular weight is 461 g/mol. The number of methoxy groups -OCH3 is 1. The van der Waals surface area contributed by atoms with Crippen LogP contribution in [0.15, 0.2) is 121 Å². The van der Waals surface area contributed by atoms with Crippen molar-refractivity contribution in [3.8, 4) is 0 Å². The molecule has 0 radical (unpaired) electrons. The number of esters is 1. The van der Waals surface area contributed by atoms with E-state index >= 15 is 0 Å². The summed E-state index contributed by atoms with van der Waals surface area (Å²) < 4.78 is 5.32. The lowest BCUT2D eigenvalue weighted by molar-refractivity contribution is -0.143. The van der Waals surface area contributed by atoms with E-state index in [9.17, 15) is 4.79 Å². The maximum atomic E-state index is 13.3. The zero-order valence-electron chi connectivity index (χ0n) is 19.6. The maximum absolute atomic E-state index is 13.3. The summed E-state index contributed by atoms with van der Waals surface area (Å²) in [5.74, 6) is -0.303. The summed E-state index contributed by atoms with van der Waals surface area (Å²) in [6.07, 6.45) is 2.46. The molecule has 174 valence electrons. The summed E-state index contributed by atoms with van der Waals surface area (Å²) in [6.45, 7) is 0. The van der Waals surface area contributed by atoms with E-state index < -0.39 is 11.6 Å². The number of para-hydroxylation sites is 1. The van der Waals surface area contributed by atoms with E-state index in [4.69, 9.17) is 4.74 Å². The predicted octanol–water partition coefficient (Wildman–Crippen LogP) is 5.83. The monoisotopic (exact) mass is 460 g/mol. The largest absolute Gasteiger partial charge is 0.468 e. The van der Waals surface area contributed by atoms with E-state index in [2.05, 4.69) is 52.8 Å². The van der Waals surface area contributed by atoms with Crippen molar-refractivity contribution in [2.45, 2.75) is 18.0 Å². The van der Waals surface area contributed by atoms with Crippen molar-refractivity contribution < 1.29 is 9.53 Å². The molecule has 0 saturated carbocycles. The summed E-state index contributed by atoms with van der Waals surface area (Å²) in [5, 5.41) is 4.89. The Bertz CT molecular complexity index is 1300. The third-order valence-electron chi connectivity index (χ3n) is 6.60. The lowest BCUT2D eigenvalue weighted by Crippen LogP contribution is -2.53. The zero-order valence-corrected chi connectivity index (χ0v) is 19.6. The molecule has 1 aromatic heterocycles. The van der Waals surface area contributed by atoms with Crippen LogP contribution in [-0.2, 0) is 21.5 Å². The number of aromatic nitrogens is 1. The maximum Gasteiger partial charge on any atom is 0.323 e. The molecule has 0 fully saturated rings. The van der Waals surface area contributed by atoms with Gasteiger partial charge < -0.3 is 9.72 Å². The van der Waals surface area contributed by atoms with Gasteiger partial charge in [-0.05, 0) is 28.3 Å². The summed E-state index contributed by atoms with van der Waals surface area (Å²) in [7, 11) is 1.45. The fraction of sp³-hybridized carbons (Fsp3) is 0.129. The highest BCUT2D eigenvalue weighted by atomic mass is 16.5. The van der Waals surface area contributed by atoms with Crippen molar-refractivity contribution in [1.29, 1.82) is 0 Å². The van der Waals surface area contributed by atoms with E-state index in [0.717, 1.165) is 33.2 Å². The normalized spacial score (nSPS) is 12.4. The molecule has 0 amide bonds. The fourth-order valence-electron chi connectivity index (χ4n) is 4.93. The molecule has 4 heteroatoms. The molecular formula is C31H28N2O2. The predicted molar refractivity (Wildman–Crippen MR) is 140 cm³/mol. The lowest BCUT2D eigenvalue weighted by Gasteiger charge is -2.39. The molecule has 0 unspecified atom stereocenters. The van der Waals surface area contributed by atoms with Gasteiger partial charge in [-0.3, -0.25) is 10.1 Å². The minimum Gasteiger partial charge on any atom is -0.468 e. The minimum absolute atomic E-state index is 0.303. The lowest BCUT2D eigenvalue weighted by atomic mass is 9.76. The van der Waals surface area contributed by atoms with Gasteiger partial charge in [-0.1, -0.05) is 109 Å². The Balaban J connectivity index is 1.68. The van der Waals surface area contributed by atoms with Crippen molar-refractivity contribution >= 4 is 16.9 Å². The molecule has 0 spiro atoms. The second-order valence-electron chi connectivity index (χ2n) is 8.63. The molecule has 0 aliphatic rings. The number of carbonyl (C=O) groups excluding carboxylic acids is 1. The third-order valence-corrected chi connectivity index (χ3v) is 6.60. The molecular weight excluding hydrogens is 432 g/mol. The number of rotatable bonds is 8. The molecule has 0 aliphatic carbocycles. The molecule has 4 nitrogen and oxygen atoms in total. The molecule has 2 N–H and O–H groups in total. The van der Waals surface area contributed by atoms with Gasteiger partial charge in [0.25, 0.3) is 0 Å². The Kier molecular flexibility index (Phi) is 6.47. The number of hydrogen-bond donors (Lipinski definition) is 2. The van der Waals surface area contributed by atoms with Gasteiger partial charge in [-0.2, -0.15) is 0 Å².